The highest BCUT2D eigenvalue weighted by atomic mass is 35.5. The summed E-state index contributed by atoms with van der Waals surface area (Å²) in [5, 5.41) is 4.48. The maximum atomic E-state index is 12.7. The number of rotatable bonds is 7. The lowest BCUT2D eigenvalue weighted by atomic mass is 10.1. The quantitative estimate of drug-likeness (QED) is 0.631. The first-order valence-corrected chi connectivity index (χ1v) is 10.1. The molecule has 0 radical (unpaired) electrons. The van der Waals surface area contributed by atoms with Gasteiger partial charge >= 0.3 is 0 Å². The van der Waals surface area contributed by atoms with Gasteiger partial charge in [0.05, 0.1) is 0 Å². The second kappa shape index (κ2) is 10.1. The lowest BCUT2D eigenvalue weighted by Gasteiger charge is -2.30. The molecule has 1 N–H and O–H groups in total. The van der Waals surface area contributed by atoms with Crippen molar-refractivity contribution in [2.75, 3.05) is 0 Å². The Morgan fingerprint density at radius 2 is 1.57 bits per heavy atom. The van der Waals surface area contributed by atoms with Crippen LogP contribution in [0.25, 0.3) is 0 Å². The average molecular weight is 442 g/mol. The van der Waals surface area contributed by atoms with Crippen molar-refractivity contribution in [1.82, 2.24) is 10.2 Å². The van der Waals surface area contributed by atoms with Gasteiger partial charge in [-0.3, -0.25) is 9.59 Å². The highest BCUT2D eigenvalue weighted by Gasteiger charge is 2.27. The Morgan fingerprint density at radius 3 is 2.14 bits per heavy atom. The molecule has 0 aliphatic carbocycles. The smallest absolute Gasteiger partial charge is 0.242 e. The first-order valence-electron chi connectivity index (χ1n) is 8.95. The molecule has 0 saturated carbocycles. The van der Waals surface area contributed by atoms with Gasteiger partial charge in [0.15, 0.2) is 0 Å². The molecule has 4 nitrogen and oxygen atoms in total. The minimum absolute atomic E-state index is 0.0953. The van der Waals surface area contributed by atoms with Gasteiger partial charge in [0.25, 0.3) is 0 Å². The van der Waals surface area contributed by atoms with E-state index in [2.05, 4.69) is 5.32 Å². The number of carbonyl (C=O) groups excluding carboxylic acids is 2. The van der Waals surface area contributed by atoms with Gasteiger partial charge in [0, 0.05) is 34.1 Å². The van der Waals surface area contributed by atoms with Gasteiger partial charge in [-0.2, -0.15) is 0 Å². The second-order valence-corrected chi connectivity index (χ2v) is 8.16. The van der Waals surface area contributed by atoms with Gasteiger partial charge in [0.1, 0.15) is 6.04 Å². The summed E-state index contributed by atoms with van der Waals surface area (Å²) in [7, 11) is 0. The minimum atomic E-state index is -0.642. The van der Waals surface area contributed by atoms with Crippen molar-refractivity contribution in [3.05, 3.63) is 68.7 Å². The molecule has 2 amide bonds. The fourth-order valence-corrected chi connectivity index (χ4v) is 3.26. The summed E-state index contributed by atoms with van der Waals surface area (Å²) >= 11 is 18.0. The van der Waals surface area contributed by atoms with Crippen LogP contribution in [0.5, 0.6) is 0 Å². The molecule has 0 saturated heterocycles. The molecule has 2 aromatic carbocycles. The SMILES string of the molecule is CC(C)C(=O)N(Cc1ccc(Cl)cc1)[C@H](C)C(=O)NCc1ccc(Cl)cc1Cl. The number of amides is 2. The van der Waals surface area contributed by atoms with E-state index < -0.39 is 6.04 Å². The van der Waals surface area contributed by atoms with Crippen molar-refractivity contribution in [2.45, 2.75) is 39.9 Å². The van der Waals surface area contributed by atoms with Crippen LogP contribution >= 0.6 is 34.8 Å². The Bertz CT molecular complexity index is 838. The Kier molecular flexibility index (Phi) is 8.17. The molecule has 0 aliphatic heterocycles. The summed E-state index contributed by atoms with van der Waals surface area (Å²) in [6.07, 6.45) is 0. The zero-order chi connectivity index (χ0) is 20.8. The number of nitrogens with zero attached hydrogens (tertiary/aromatic N) is 1. The first-order chi connectivity index (χ1) is 13.2. The summed E-state index contributed by atoms with van der Waals surface area (Å²) in [6, 6.07) is 11.7. The molecule has 2 rings (SSSR count). The number of carbonyl (C=O) groups is 2. The highest BCUT2D eigenvalue weighted by Crippen LogP contribution is 2.21. The van der Waals surface area contributed by atoms with Gasteiger partial charge in [-0.25, -0.2) is 0 Å². The maximum absolute atomic E-state index is 12.7. The number of benzene rings is 2. The summed E-state index contributed by atoms with van der Waals surface area (Å²) in [5.74, 6) is -0.579. The van der Waals surface area contributed by atoms with Crippen molar-refractivity contribution in [3.63, 3.8) is 0 Å². The van der Waals surface area contributed by atoms with Gasteiger partial charge < -0.3 is 10.2 Å². The van der Waals surface area contributed by atoms with Crippen LogP contribution in [0.4, 0.5) is 0 Å². The summed E-state index contributed by atoms with van der Waals surface area (Å²) in [4.78, 5) is 27.0. The van der Waals surface area contributed by atoms with Crippen LogP contribution < -0.4 is 5.32 Å². The minimum Gasteiger partial charge on any atom is -0.350 e. The van der Waals surface area contributed by atoms with Crippen molar-refractivity contribution in [3.8, 4) is 0 Å². The molecule has 0 aromatic heterocycles. The predicted molar refractivity (Wildman–Crippen MR) is 115 cm³/mol. The van der Waals surface area contributed by atoms with Crippen LogP contribution in [0.2, 0.25) is 15.1 Å². The van der Waals surface area contributed by atoms with Crippen LogP contribution in [0.3, 0.4) is 0 Å². The normalized spacial score (nSPS) is 12.0. The summed E-state index contributed by atoms with van der Waals surface area (Å²) in [5.41, 5.74) is 1.66. The third kappa shape index (κ3) is 6.13. The third-order valence-corrected chi connectivity index (χ3v) is 5.20. The molecule has 0 bridgehead atoms. The summed E-state index contributed by atoms with van der Waals surface area (Å²) in [6.45, 7) is 5.92. The first kappa shape index (κ1) is 22.5. The molecule has 28 heavy (non-hydrogen) atoms. The van der Waals surface area contributed by atoms with E-state index in [1.165, 1.54) is 0 Å². The van der Waals surface area contributed by atoms with E-state index in [1.807, 2.05) is 26.0 Å². The fourth-order valence-electron chi connectivity index (χ4n) is 2.66. The predicted octanol–water partition coefficient (Wildman–Crippen LogP) is 5.34. The van der Waals surface area contributed by atoms with E-state index in [9.17, 15) is 9.59 Å². The number of hydrogen-bond donors (Lipinski definition) is 1. The van der Waals surface area contributed by atoms with Crippen LogP contribution in [0.15, 0.2) is 42.5 Å². The van der Waals surface area contributed by atoms with Crippen LogP contribution in [-0.2, 0) is 22.7 Å². The molecule has 0 unspecified atom stereocenters. The molecule has 150 valence electrons. The Morgan fingerprint density at radius 1 is 0.964 bits per heavy atom. The number of nitrogens with one attached hydrogen (secondary N) is 1. The van der Waals surface area contributed by atoms with E-state index in [4.69, 9.17) is 34.8 Å². The third-order valence-electron chi connectivity index (χ3n) is 4.36. The zero-order valence-electron chi connectivity index (χ0n) is 16.0. The lowest BCUT2D eigenvalue weighted by molar-refractivity contribution is -0.143. The van der Waals surface area contributed by atoms with E-state index in [1.54, 1.807) is 42.2 Å². The standard InChI is InChI=1S/C21H23Cl3N2O2/c1-13(2)21(28)26(12-15-4-7-17(22)8-5-15)14(3)20(27)25-11-16-6-9-18(23)10-19(16)24/h4-10,13-14H,11-12H2,1-3H3,(H,25,27)/t14-/m1/s1. The van der Waals surface area contributed by atoms with Crippen LogP contribution in [-0.4, -0.2) is 22.8 Å². The van der Waals surface area contributed by atoms with E-state index >= 15 is 0 Å². The molecule has 0 aliphatic rings. The molecular weight excluding hydrogens is 419 g/mol. The van der Waals surface area contributed by atoms with Gasteiger partial charge in [-0.1, -0.05) is 66.8 Å². The number of halogens is 3. The van der Waals surface area contributed by atoms with Crippen molar-refractivity contribution < 1.29 is 9.59 Å². The van der Waals surface area contributed by atoms with E-state index in [-0.39, 0.29) is 24.3 Å². The van der Waals surface area contributed by atoms with Crippen molar-refractivity contribution in [1.29, 1.82) is 0 Å². The molecule has 2 aromatic rings. The second-order valence-electron chi connectivity index (χ2n) is 6.88. The summed E-state index contributed by atoms with van der Waals surface area (Å²) < 4.78 is 0. The Hall–Kier alpha value is -1.75. The van der Waals surface area contributed by atoms with Crippen LogP contribution in [0, 0.1) is 5.92 Å². The largest absolute Gasteiger partial charge is 0.350 e. The maximum Gasteiger partial charge on any atom is 0.242 e. The van der Waals surface area contributed by atoms with Crippen molar-refractivity contribution in [2.24, 2.45) is 5.92 Å². The molecule has 0 heterocycles. The van der Waals surface area contributed by atoms with E-state index in [0.29, 0.717) is 21.6 Å². The molecule has 7 heteroatoms. The molecule has 1 atom stereocenters. The molecule has 0 spiro atoms. The van der Waals surface area contributed by atoms with E-state index in [0.717, 1.165) is 11.1 Å². The monoisotopic (exact) mass is 440 g/mol. The van der Waals surface area contributed by atoms with Crippen LogP contribution in [0.1, 0.15) is 31.9 Å². The average Bonchev–Trinajstić information content (AvgIpc) is 2.65. The van der Waals surface area contributed by atoms with Gasteiger partial charge in [-0.15, -0.1) is 0 Å². The Labute approximate surface area is 180 Å². The lowest BCUT2D eigenvalue weighted by Crippen LogP contribution is -2.48. The number of hydrogen-bond acceptors (Lipinski definition) is 2. The molecular formula is C21H23Cl3N2O2. The van der Waals surface area contributed by atoms with Gasteiger partial charge in [-0.05, 0) is 42.3 Å². The molecule has 0 fully saturated rings. The topological polar surface area (TPSA) is 49.4 Å². The highest BCUT2D eigenvalue weighted by molar-refractivity contribution is 6.35. The Balaban J connectivity index is 2.11. The fraction of sp³-hybridized carbons (Fsp3) is 0.333. The van der Waals surface area contributed by atoms with Crippen molar-refractivity contribution >= 4 is 46.6 Å². The van der Waals surface area contributed by atoms with Gasteiger partial charge in [0.2, 0.25) is 11.8 Å². The zero-order valence-corrected chi connectivity index (χ0v) is 18.3.